The third kappa shape index (κ3) is 1.58. The molecule has 3 heteroatoms. The van der Waals surface area contributed by atoms with Crippen LogP contribution in [0.1, 0.15) is 19.4 Å². The smallest absolute Gasteiger partial charge is 0.123 e. The monoisotopic (exact) mass is 216 g/mol. The summed E-state index contributed by atoms with van der Waals surface area (Å²) in [6.45, 7) is 4.75. The topological polar surface area (TPSA) is 48.1 Å². The van der Waals surface area contributed by atoms with E-state index in [0.29, 0.717) is 0 Å². The summed E-state index contributed by atoms with van der Waals surface area (Å²) < 4.78 is 5.48. The molecule has 0 spiro atoms. The van der Waals surface area contributed by atoms with E-state index in [4.69, 9.17) is 10.5 Å². The Balaban J connectivity index is 0.000000457. The van der Waals surface area contributed by atoms with Crippen molar-refractivity contribution in [3.63, 3.8) is 0 Å². The van der Waals surface area contributed by atoms with Crippen molar-refractivity contribution in [1.82, 2.24) is 4.98 Å². The van der Waals surface area contributed by atoms with E-state index in [1.54, 1.807) is 6.20 Å². The van der Waals surface area contributed by atoms with Crippen LogP contribution < -0.4 is 10.5 Å². The lowest BCUT2D eigenvalue weighted by molar-refractivity contribution is 0.357. The van der Waals surface area contributed by atoms with Crippen LogP contribution in [0.3, 0.4) is 0 Å². The molecule has 0 atom stereocenters. The fourth-order valence-electron chi connectivity index (χ4n) is 1.97. The second kappa shape index (κ2) is 4.39. The number of nitrogens with zero attached hydrogens (tertiary/aromatic N) is 1. The molecule has 0 saturated heterocycles. The Kier molecular flexibility index (Phi) is 2.95. The number of nitrogen functional groups attached to an aromatic ring is 1. The summed E-state index contributed by atoms with van der Waals surface area (Å²) in [4.78, 5) is 4.28. The molecule has 16 heavy (non-hydrogen) atoms. The van der Waals surface area contributed by atoms with E-state index in [0.717, 1.165) is 35.4 Å². The van der Waals surface area contributed by atoms with Gasteiger partial charge in [-0.1, -0.05) is 13.8 Å². The van der Waals surface area contributed by atoms with Crippen LogP contribution in [-0.2, 0) is 6.42 Å². The molecule has 0 aliphatic carbocycles. The van der Waals surface area contributed by atoms with Gasteiger partial charge in [0.25, 0.3) is 0 Å². The van der Waals surface area contributed by atoms with Crippen molar-refractivity contribution in [3.8, 4) is 5.75 Å². The Hall–Kier alpha value is -1.77. The molecule has 2 aromatic rings. The number of anilines is 1. The van der Waals surface area contributed by atoms with E-state index >= 15 is 0 Å². The summed E-state index contributed by atoms with van der Waals surface area (Å²) in [7, 11) is 0. The fourth-order valence-corrected chi connectivity index (χ4v) is 1.97. The number of hydrogen-bond donors (Lipinski definition) is 1. The van der Waals surface area contributed by atoms with Crippen LogP contribution in [-0.4, -0.2) is 11.6 Å². The number of ether oxygens (including phenoxy) is 1. The van der Waals surface area contributed by atoms with Gasteiger partial charge in [0.1, 0.15) is 5.75 Å². The Labute approximate surface area is 95.2 Å². The van der Waals surface area contributed by atoms with Crippen LogP contribution in [0.5, 0.6) is 5.75 Å². The highest BCUT2D eigenvalue weighted by Gasteiger charge is 2.16. The molecular weight excluding hydrogens is 200 g/mol. The van der Waals surface area contributed by atoms with E-state index in [1.165, 1.54) is 5.56 Å². The minimum Gasteiger partial charge on any atom is -0.493 e. The molecule has 0 amide bonds. The van der Waals surface area contributed by atoms with Crippen LogP contribution >= 0.6 is 0 Å². The number of aromatic nitrogens is 1. The minimum absolute atomic E-state index is 0.753. The summed E-state index contributed by atoms with van der Waals surface area (Å²) in [6, 6.07) is 5.76. The zero-order valence-electron chi connectivity index (χ0n) is 9.66. The largest absolute Gasteiger partial charge is 0.493 e. The predicted molar refractivity (Wildman–Crippen MR) is 66.7 cm³/mol. The summed E-state index contributed by atoms with van der Waals surface area (Å²) in [5.74, 6) is 0.956. The molecule has 0 saturated carbocycles. The van der Waals surface area contributed by atoms with Crippen molar-refractivity contribution in [2.75, 3.05) is 12.3 Å². The SMILES string of the molecule is CC.Nc1ccnc2ccc3c(c12)CCO3. The average Bonchev–Trinajstić information content (AvgIpc) is 2.80. The first-order chi connectivity index (χ1) is 7.86. The Morgan fingerprint density at radius 1 is 1.25 bits per heavy atom. The number of fused-ring (bicyclic) bond motifs is 3. The Morgan fingerprint density at radius 3 is 2.88 bits per heavy atom. The standard InChI is InChI=1S/C11H10N2O.C2H6/c12-8-3-5-13-9-1-2-10-7(11(8)9)4-6-14-10;1-2/h1-3,5H,4,6H2,(H2,12,13);1-2H3. The summed E-state index contributed by atoms with van der Waals surface area (Å²) in [5.41, 5.74) is 8.88. The third-order valence-corrected chi connectivity index (χ3v) is 2.61. The zero-order chi connectivity index (χ0) is 11.5. The van der Waals surface area contributed by atoms with Gasteiger partial charge in [0.15, 0.2) is 0 Å². The Bertz CT molecular complexity index is 509. The van der Waals surface area contributed by atoms with Gasteiger partial charge in [-0.15, -0.1) is 0 Å². The van der Waals surface area contributed by atoms with Crippen molar-refractivity contribution in [2.45, 2.75) is 20.3 Å². The van der Waals surface area contributed by atoms with Crippen molar-refractivity contribution in [3.05, 3.63) is 30.0 Å². The molecule has 0 unspecified atom stereocenters. The van der Waals surface area contributed by atoms with Crippen LogP contribution in [0.25, 0.3) is 10.9 Å². The van der Waals surface area contributed by atoms with Crippen LogP contribution in [0.2, 0.25) is 0 Å². The summed E-state index contributed by atoms with van der Waals surface area (Å²) in [5, 5.41) is 1.06. The lowest BCUT2D eigenvalue weighted by atomic mass is 10.0. The van der Waals surface area contributed by atoms with Crippen molar-refractivity contribution in [1.29, 1.82) is 0 Å². The molecule has 1 aromatic carbocycles. The molecule has 0 radical (unpaired) electrons. The summed E-state index contributed by atoms with van der Waals surface area (Å²) >= 11 is 0. The van der Waals surface area contributed by atoms with Crippen molar-refractivity contribution in [2.24, 2.45) is 0 Å². The van der Waals surface area contributed by atoms with Gasteiger partial charge in [0, 0.05) is 29.3 Å². The number of hydrogen-bond acceptors (Lipinski definition) is 3. The summed E-state index contributed by atoms with van der Waals surface area (Å²) in [6.07, 6.45) is 2.67. The lowest BCUT2D eigenvalue weighted by Gasteiger charge is -2.05. The van der Waals surface area contributed by atoms with Gasteiger partial charge in [-0.05, 0) is 18.2 Å². The highest BCUT2D eigenvalue weighted by molar-refractivity contribution is 5.94. The molecule has 0 fully saturated rings. The van der Waals surface area contributed by atoms with Crippen LogP contribution in [0.4, 0.5) is 5.69 Å². The Morgan fingerprint density at radius 2 is 2.06 bits per heavy atom. The van der Waals surface area contributed by atoms with Gasteiger partial charge in [0.05, 0.1) is 12.1 Å². The first-order valence-corrected chi connectivity index (χ1v) is 5.65. The first-order valence-electron chi connectivity index (χ1n) is 5.65. The molecule has 1 aliphatic rings. The highest BCUT2D eigenvalue weighted by atomic mass is 16.5. The molecule has 3 rings (SSSR count). The number of pyridine rings is 1. The number of rotatable bonds is 0. The zero-order valence-corrected chi connectivity index (χ0v) is 9.66. The molecule has 0 bridgehead atoms. The van der Waals surface area contributed by atoms with Crippen LogP contribution in [0, 0.1) is 0 Å². The van der Waals surface area contributed by atoms with E-state index in [2.05, 4.69) is 4.98 Å². The normalized spacial score (nSPS) is 12.6. The maximum absolute atomic E-state index is 5.93. The lowest BCUT2D eigenvalue weighted by Crippen LogP contribution is -1.92. The van der Waals surface area contributed by atoms with Gasteiger partial charge in [-0.3, -0.25) is 4.98 Å². The van der Waals surface area contributed by atoms with E-state index < -0.39 is 0 Å². The quantitative estimate of drug-likeness (QED) is 0.736. The maximum Gasteiger partial charge on any atom is 0.123 e. The second-order valence-corrected chi connectivity index (χ2v) is 3.44. The van der Waals surface area contributed by atoms with Crippen LogP contribution in [0.15, 0.2) is 24.4 Å². The van der Waals surface area contributed by atoms with E-state index in [1.807, 2.05) is 32.0 Å². The first kappa shape index (κ1) is 10.7. The number of benzene rings is 1. The van der Waals surface area contributed by atoms with E-state index in [-0.39, 0.29) is 0 Å². The van der Waals surface area contributed by atoms with Gasteiger partial charge < -0.3 is 10.5 Å². The number of nitrogens with two attached hydrogens (primary N) is 1. The molecule has 1 aromatic heterocycles. The molecule has 2 N–H and O–H groups in total. The van der Waals surface area contributed by atoms with Gasteiger partial charge >= 0.3 is 0 Å². The molecular formula is C13H16N2O. The average molecular weight is 216 g/mol. The van der Waals surface area contributed by atoms with Gasteiger partial charge in [0.2, 0.25) is 0 Å². The fraction of sp³-hybridized carbons (Fsp3) is 0.308. The minimum atomic E-state index is 0.753. The molecule has 2 heterocycles. The predicted octanol–water partition coefficient (Wildman–Crippen LogP) is 2.78. The maximum atomic E-state index is 5.93. The molecule has 1 aliphatic heterocycles. The highest BCUT2D eigenvalue weighted by Crippen LogP contribution is 2.34. The van der Waals surface area contributed by atoms with Crippen molar-refractivity contribution < 1.29 is 4.74 Å². The molecule has 3 nitrogen and oxygen atoms in total. The third-order valence-electron chi connectivity index (χ3n) is 2.61. The van der Waals surface area contributed by atoms with Crippen molar-refractivity contribution >= 4 is 16.6 Å². The van der Waals surface area contributed by atoms with Gasteiger partial charge in [-0.25, -0.2) is 0 Å². The molecule has 84 valence electrons. The second-order valence-electron chi connectivity index (χ2n) is 3.44. The van der Waals surface area contributed by atoms with Gasteiger partial charge in [-0.2, -0.15) is 0 Å². The van der Waals surface area contributed by atoms with E-state index in [9.17, 15) is 0 Å².